The minimum atomic E-state index is -1.69. The molecule has 1 saturated heterocycles. The maximum Gasteiger partial charge on any atom is 0.253 e. The van der Waals surface area contributed by atoms with Crippen LogP contribution in [0.1, 0.15) is 18.4 Å². The predicted octanol–water partition coefficient (Wildman–Crippen LogP) is 3.46. The molecule has 1 fully saturated rings. The summed E-state index contributed by atoms with van der Waals surface area (Å²) in [5, 5.41) is 11.6. The molecule has 2 aromatic rings. The highest BCUT2D eigenvalue weighted by Gasteiger charge is 2.21. The van der Waals surface area contributed by atoms with Crippen LogP contribution in [0.2, 0.25) is 0 Å². The highest BCUT2D eigenvalue weighted by molar-refractivity contribution is 5.50. The Kier molecular flexibility index (Phi) is 5.61. The molecular weight excluding hydrogens is 350 g/mol. The van der Waals surface area contributed by atoms with Crippen LogP contribution in [0.15, 0.2) is 24.3 Å². The van der Waals surface area contributed by atoms with E-state index in [2.05, 4.69) is 15.2 Å². The van der Waals surface area contributed by atoms with E-state index in [0.29, 0.717) is 11.5 Å². The first-order valence-corrected chi connectivity index (χ1v) is 8.38. The maximum absolute atomic E-state index is 13.6. The Bertz CT molecular complexity index is 736. The van der Waals surface area contributed by atoms with Gasteiger partial charge in [0.15, 0.2) is 0 Å². The summed E-state index contributed by atoms with van der Waals surface area (Å²) in [4.78, 5) is 4.72. The third kappa shape index (κ3) is 3.90. The van der Waals surface area contributed by atoms with Crippen LogP contribution in [0.3, 0.4) is 0 Å². The second-order valence-electron chi connectivity index (χ2n) is 6.33. The predicted molar refractivity (Wildman–Crippen MR) is 89.9 cm³/mol. The van der Waals surface area contributed by atoms with E-state index >= 15 is 0 Å². The van der Waals surface area contributed by atoms with E-state index in [0.717, 1.165) is 31.6 Å². The lowest BCUT2D eigenvalue weighted by molar-refractivity contribution is 0.203. The first kappa shape index (κ1) is 18.4. The second kappa shape index (κ2) is 7.90. The Balaban J connectivity index is 1.64. The van der Waals surface area contributed by atoms with Gasteiger partial charge in [-0.1, -0.05) is 12.1 Å². The molecule has 0 bridgehead atoms. The number of aliphatic hydroxyl groups is 1. The number of hydrogen-bond donors (Lipinski definition) is 2. The molecule has 2 N–H and O–H groups in total. The number of pyridine rings is 1. The van der Waals surface area contributed by atoms with Crippen molar-refractivity contribution in [2.75, 3.05) is 29.9 Å². The second-order valence-corrected chi connectivity index (χ2v) is 6.33. The monoisotopic (exact) mass is 369 g/mol. The highest BCUT2D eigenvalue weighted by atomic mass is 19.2. The Hall–Kier alpha value is -2.35. The lowest BCUT2D eigenvalue weighted by Crippen LogP contribution is -2.34. The molecule has 0 atom stereocenters. The van der Waals surface area contributed by atoms with Crippen molar-refractivity contribution < 1.29 is 22.7 Å². The molecule has 0 unspecified atom stereocenters. The van der Waals surface area contributed by atoms with Crippen LogP contribution in [0.4, 0.5) is 28.9 Å². The minimum absolute atomic E-state index is 0.00357. The summed E-state index contributed by atoms with van der Waals surface area (Å²) in [6.45, 7) is 1.93. The van der Waals surface area contributed by atoms with Gasteiger partial charge in [-0.05, 0) is 36.5 Å². The number of halogens is 4. The number of hydrogen-bond acceptors (Lipinski definition) is 4. The van der Waals surface area contributed by atoms with Gasteiger partial charge in [0, 0.05) is 31.9 Å². The summed E-state index contributed by atoms with van der Waals surface area (Å²) in [7, 11) is 0. The summed E-state index contributed by atoms with van der Waals surface area (Å²) in [6.07, 6.45) is 1.86. The summed E-state index contributed by atoms with van der Waals surface area (Å²) < 4.78 is 53.4. The van der Waals surface area contributed by atoms with Crippen LogP contribution in [0.25, 0.3) is 0 Å². The minimum Gasteiger partial charge on any atom is -0.396 e. The van der Waals surface area contributed by atoms with Crippen LogP contribution < -0.4 is 10.2 Å². The zero-order chi connectivity index (χ0) is 18.7. The van der Waals surface area contributed by atoms with Crippen LogP contribution in [-0.4, -0.2) is 29.8 Å². The van der Waals surface area contributed by atoms with Crippen LogP contribution in [0.5, 0.6) is 0 Å². The largest absolute Gasteiger partial charge is 0.396 e. The standard InChI is InChI=1S/C18H19F4N3O/c19-14-16(15(20)18(22)24-17(14)21)23-9-11-1-3-13(4-2-11)25-7-5-12(10-26)6-8-25/h1-4,12,26H,5-10H2,(H,23,24). The van der Waals surface area contributed by atoms with E-state index < -0.39 is 29.2 Å². The fraction of sp³-hybridized carbons (Fsp3) is 0.389. The van der Waals surface area contributed by atoms with E-state index in [1.54, 1.807) is 12.1 Å². The number of nitrogens with zero attached hydrogens (tertiary/aromatic N) is 2. The van der Waals surface area contributed by atoms with Gasteiger partial charge in [-0.15, -0.1) is 0 Å². The van der Waals surface area contributed by atoms with Crippen molar-refractivity contribution in [2.24, 2.45) is 5.92 Å². The average Bonchev–Trinajstić information content (AvgIpc) is 2.67. The molecule has 1 aromatic carbocycles. The Labute approximate surface area is 148 Å². The molecule has 0 saturated carbocycles. The number of anilines is 2. The topological polar surface area (TPSA) is 48.4 Å². The summed E-state index contributed by atoms with van der Waals surface area (Å²) in [5.74, 6) is -6.12. The molecule has 3 rings (SSSR count). The van der Waals surface area contributed by atoms with Crippen LogP contribution >= 0.6 is 0 Å². The third-order valence-corrected chi connectivity index (χ3v) is 4.64. The molecule has 0 aliphatic carbocycles. The number of benzene rings is 1. The first-order chi connectivity index (χ1) is 12.5. The molecule has 2 heterocycles. The van der Waals surface area contributed by atoms with Gasteiger partial charge < -0.3 is 15.3 Å². The number of nitrogens with one attached hydrogen (secondary N) is 1. The molecule has 8 heteroatoms. The fourth-order valence-electron chi connectivity index (χ4n) is 3.03. The first-order valence-electron chi connectivity index (χ1n) is 8.38. The Morgan fingerprint density at radius 3 is 2.12 bits per heavy atom. The average molecular weight is 369 g/mol. The highest BCUT2D eigenvalue weighted by Crippen LogP contribution is 2.25. The molecule has 4 nitrogen and oxygen atoms in total. The van der Waals surface area contributed by atoms with Crippen molar-refractivity contribution in [3.63, 3.8) is 0 Å². The van der Waals surface area contributed by atoms with Gasteiger partial charge in [0.25, 0.3) is 11.9 Å². The molecule has 0 radical (unpaired) electrons. The third-order valence-electron chi connectivity index (χ3n) is 4.64. The van der Waals surface area contributed by atoms with Gasteiger partial charge in [-0.25, -0.2) is 0 Å². The van der Waals surface area contributed by atoms with Crippen molar-refractivity contribution in [3.8, 4) is 0 Å². The van der Waals surface area contributed by atoms with Crippen molar-refractivity contribution in [1.29, 1.82) is 0 Å². The van der Waals surface area contributed by atoms with E-state index in [-0.39, 0.29) is 13.2 Å². The smallest absolute Gasteiger partial charge is 0.253 e. The van der Waals surface area contributed by atoms with Crippen molar-refractivity contribution >= 4 is 11.4 Å². The van der Waals surface area contributed by atoms with Gasteiger partial charge >= 0.3 is 0 Å². The molecule has 1 aliphatic rings. The molecule has 0 spiro atoms. The van der Waals surface area contributed by atoms with Crippen molar-refractivity contribution in [3.05, 3.63) is 53.4 Å². The van der Waals surface area contributed by atoms with E-state index in [4.69, 9.17) is 0 Å². The van der Waals surface area contributed by atoms with Crippen LogP contribution in [-0.2, 0) is 6.54 Å². The molecule has 0 amide bonds. The summed E-state index contributed by atoms with van der Waals surface area (Å²) >= 11 is 0. The molecule has 1 aliphatic heterocycles. The van der Waals surface area contributed by atoms with Crippen molar-refractivity contribution in [1.82, 2.24) is 4.98 Å². The zero-order valence-corrected chi connectivity index (χ0v) is 14.0. The number of aliphatic hydroxyl groups excluding tert-OH is 1. The number of piperidine rings is 1. The van der Waals surface area contributed by atoms with E-state index in [1.165, 1.54) is 0 Å². The quantitative estimate of drug-likeness (QED) is 0.626. The lowest BCUT2D eigenvalue weighted by atomic mass is 9.97. The lowest BCUT2D eigenvalue weighted by Gasteiger charge is -2.33. The van der Waals surface area contributed by atoms with Crippen LogP contribution in [0, 0.1) is 29.4 Å². The van der Waals surface area contributed by atoms with Gasteiger partial charge in [-0.3, -0.25) is 0 Å². The zero-order valence-electron chi connectivity index (χ0n) is 14.0. The molecule has 26 heavy (non-hydrogen) atoms. The van der Waals surface area contributed by atoms with Gasteiger partial charge in [0.2, 0.25) is 11.6 Å². The summed E-state index contributed by atoms with van der Waals surface area (Å²) in [6, 6.07) is 7.34. The fourth-order valence-corrected chi connectivity index (χ4v) is 3.03. The van der Waals surface area contributed by atoms with E-state index in [1.807, 2.05) is 12.1 Å². The van der Waals surface area contributed by atoms with Gasteiger partial charge in [-0.2, -0.15) is 22.5 Å². The normalized spacial score (nSPS) is 15.3. The van der Waals surface area contributed by atoms with E-state index in [9.17, 15) is 22.7 Å². The maximum atomic E-state index is 13.6. The molecule has 140 valence electrons. The SMILES string of the molecule is OCC1CCN(c2ccc(CNc3c(F)c(F)nc(F)c3F)cc2)CC1. The van der Waals surface area contributed by atoms with Gasteiger partial charge in [0.05, 0.1) is 0 Å². The Morgan fingerprint density at radius 1 is 1.00 bits per heavy atom. The molecular formula is C18H19F4N3O. The van der Waals surface area contributed by atoms with Crippen molar-refractivity contribution in [2.45, 2.75) is 19.4 Å². The molecule has 1 aromatic heterocycles. The number of aromatic nitrogens is 1. The summed E-state index contributed by atoms with van der Waals surface area (Å²) in [5.41, 5.74) is 0.851. The number of rotatable bonds is 5. The van der Waals surface area contributed by atoms with Gasteiger partial charge in [0.1, 0.15) is 5.69 Å². The Morgan fingerprint density at radius 2 is 1.58 bits per heavy atom.